The van der Waals surface area contributed by atoms with Crippen molar-refractivity contribution in [3.63, 3.8) is 0 Å². The molecule has 0 saturated heterocycles. The fraction of sp³-hybridized carbons (Fsp3) is 0.562. The highest BCUT2D eigenvalue weighted by Gasteiger charge is 2.38. The Morgan fingerprint density at radius 1 is 1.33 bits per heavy atom. The summed E-state index contributed by atoms with van der Waals surface area (Å²) in [5.74, 6) is 0.868. The summed E-state index contributed by atoms with van der Waals surface area (Å²) < 4.78 is 13.5. The zero-order chi connectivity index (χ0) is 15.4. The van der Waals surface area contributed by atoms with Gasteiger partial charge in [-0.2, -0.15) is 0 Å². The molecule has 1 aromatic carbocycles. The van der Waals surface area contributed by atoms with E-state index < -0.39 is 7.14 Å². The van der Waals surface area contributed by atoms with E-state index in [0.29, 0.717) is 5.56 Å². The summed E-state index contributed by atoms with van der Waals surface area (Å²) >= 11 is 3.50. The molecular formula is C16H21BrNO2P. The van der Waals surface area contributed by atoms with Gasteiger partial charge in [0.25, 0.3) is 5.91 Å². The first-order valence-corrected chi connectivity index (χ1v) is 10.9. The van der Waals surface area contributed by atoms with Crippen LogP contribution in [0.5, 0.6) is 0 Å². The van der Waals surface area contributed by atoms with Crippen molar-refractivity contribution in [2.75, 3.05) is 19.9 Å². The van der Waals surface area contributed by atoms with Gasteiger partial charge in [-0.25, -0.2) is 0 Å². The van der Waals surface area contributed by atoms with Gasteiger partial charge in [0.05, 0.1) is 11.6 Å². The first-order valence-electron chi connectivity index (χ1n) is 7.49. The third kappa shape index (κ3) is 2.85. The normalized spacial score (nSPS) is 21.8. The van der Waals surface area contributed by atoms with Gasteiger partial charge >= 0.3 is 0 Å². The topological polar surface area (TPSA) is 37.4 Å². The van der Waals surface area contributed by atoms with E-state index in [0.717, 1.165) is 34.2 Å². The molecule has 21 heavy (non-hydrogen) atoms. The Morgan fingerprint density at radius 2 is 2.00 bits per heavy atom. The summed E-state index contributed by atoms with van der Waals surface area (Å²) in [4.78, 5) is 14.8. The highest BCUT2D eigenvalue weighted by Crippen LogP contribution is 2.43. The Morgan fingerprint density at radius 3 is 2.57 bits per heavy atom. The van der Waals surface area contributed by atoms with Crippen LogP contribution in [-0.4, -0.2) is 30.7 Å². The Bertz CT molecular complexity index is 648. The van der Waals surface area contributed by atoms with Crippen LogP contribution in [0.25, 0.3) is 0 Å². The summed E-state index contributed by atoms with van der Waals surface area (Å²) in [7, 11) is -2.48. The van der Waals surface area contributed by atoms with E-state index in [1.165, 1.54) is 12.8 Å². The van der Waals surface area contributed by atoms with E-state index in [4.69, 9.17) is 0 Å². The van der Waals surface area contributed by atoms with Crippen LogP contribution >= 0.6 is 23.1 Å². The molecule has 0 radical (unpaired) electrons. The molecule has 1 amide bonds. The van der Waals surface area contributed by atoms with Crippen LogP contribution in [0, 0.1) is 5.92 Å². The minimum atomic E-state index is -2.48. The molecule has 1 heterocycles. The van der Waals surface area contributed by atoms with Gasteiger partial charge in [0.15, 0.2) is 0 Å². The van der Waals surface area contributed by atoms with Crippen molar-refractivity contribution < 1.29 is 9.36 Å². The second-order valence-electron chi connectivity index (χ2n) is 6.65. The monoisotopic (exact) mass is 369 g/mol. The molecule has 3 rings (SSSR count). The Hall–Kier alpha value is -0.600. The number of halogens is 1. The summed E-state index contributed by atoms with van der Waals surface area (Å²) in [5, 5.41) is 0.720. The van der Waals surface area contributed by atoms with Crippen LogP contribution < -0.4 is 5.30 Å². The van der Waals surface area contributed by atoms with Gasteiger partial charge in [-0.1, -0.05) is 28.8 Å². The molecule has 0 N–H and O–H groups in total. The van der Waals surface area contributed by atoms with E-state index in [2.05, 4.69) is 22.9 Å². The van der Waals surface area contributed by atoms with Gasteiger partial charge in [-0.15, -0.1) is 0 Å². The first kappa shape index (κ1) is 15.3. The van der Waals surface area contributed by atoms with Gasteiger partial charge in [-0.3, -0.25) is 4.79 Å². The average Bonchev–Trinajstić information content (AvgIpc) is 3.16. The van der Waals surface area contributed by atoms with E-state index in [1.807, 2.05) is 17.0 Å². The maximum atomic E-state index is 12.8. The molecule has 1 fully saturated rings. The predicted octanol–water partition coefficient (Wildman–Crippen LogP) is 4.01. The smallest absolute Gasteiger partial charge is 0.255 e. The molecule has 1 saturated carbocycles. The number of hydrogen-bond acceptors (Lipinski definition) is 2. The molecule has 114 valence electrons. The van der Waals surface area contributed by atoms with Crippen LogP contribution in [0.1, 0.15) is 48.1 Å². The molecule has 0 unspecified atom stereocenters. The Kier molecular flexibility index (Phi) is 3.82. The van der Waals surface area contributed by atoms with E-state index >= 15 is 0 Å². The summed E-state index contributed by atoms with van der Waals surface area (Å²) in [5.41, 5.74) is 1.71. The van der Waals surface area contributed by atoms with E-state index in [-0.39, 0.29) is 11.9 Å². The standard InChI is InChI=1S/C16H21BrNO2P/c1-10-13-8-12(17)9-14(21(2,3)20)15(13)16(19)18(10)7-6-11-4-5-11/h8-11H,4-7H2,1-3H3/t10-/m0/s1. The van der Waals surface area contributed by atoms with Gasteiger partial charge in [0.2, 0.25) is 0 Å². The number of carbonyl (C=O) groups excluding carboxylic acids is 1. The number of benzene rings is 1. The van der Waals surface area contributed by atoms with Gasteiger partial charge in [-0.05, 0) is 50.3 Å². The second-order valence-corrected chi connectivity index (χ2v) is 10.7. The summed E-state index contributed by atoms with van der Waals surface area (Å²) in [6.45, 7) is 6.36. The summed E-state index contributed by atoms with van der Waals surface area (Å²) in [6, 6.07) is 3.94. The molecule has 2 aliphatic rings. The number of amides is 1. The van der Waals surface area contributed by atoms with Crippen LogP contribution in [0.2, 0.25) is 0 Å². The molecule has 1 aliphatic carbocycles. The van der Waals surface area contributed by atoms with Crippen LogP contribution in [-0.2, 0) is 4.57 Å². The molecule has 0 bridgehead atoms. The number of rotatable bonds is 4. The third-order valence-corrected chi connectivity index (χ3v) is 6.53. The molecule has 3 nitrogen and oxygen atoms in total. The maximum absolute atomic E-state index is 12.8. The number of carbonyl (C=O) groups is 1. The minimum Gasteiger partial charge on any atom is -0.332 e. The van der Waals surface area contributed by atoms with E-state index in [1.54, 1.807) is 13.3 Å². The lowest BCUT2D eigenvalue weighted by atomic mass is 10.1. The second kappa shape index (κ2) is 5.24. The van der Waals surface area contributed by atoms with Crippen molar-refractivity contribution >= 4 is 34.3 Å². The highest BCUT2D eigenvalue weighted by atomic mass is 79.9. The average molecular weight is 370 g/mol. The molecule has 1 atom stereocenters. The van der Waals surface area contributed by atoms with Crippen LogP contribution in [0.15, 0.2) is 16.6 Å². The molecule has 1 aliphatic heterocycles. The SMILES string of the molecule is C[C@H]1c2cc(Br)cc(P(C)(C)=O)c2C(=O)N1CCC1CC1. The Balaban J connectivity index is 2.00. The number of hydrogen-bond donors (Lipinski definition) is 0. The zero-order valence-corrected chi connectivity index (χ0v) is 15.2. The maximum Gasteiger partial charge on any atom is 0.255 e. The lowest BCUT2D eigenvalue weighted by Crippen LogP contribution is -2.29. The number of fused-ring (bicyclic) bond motifs is 1. The van der Waals surface area contributed by atoms with Crippen molar-refractivity contribution in [3.8, 4) is 0 Å². The molecule has 5 heteroatoms. The highest BCUT2D eigenvalue weighted by molar-refractivity contribution is 9.10. The largest absolute Gasteiger partial charge is 0.332 e. The van der Waals surface area contributed by atoms with Crippen molar-refractivity contribution in [1.82, 2.24) is 4.90 Å². The number of nitrogens with zero attached hydrogens (tertiary/aromatic N) is 1. The molecule has 1 aromatic rings. The van der Waals surface area contributed by atoms with Gasteiger partial charge in [0, 0.05) is 16.3 Å². The Labute approximate surface area is 134 Å². The van der Waals surface area contributed by atoms with Crippen LogP contribution in [0.4, 0.5) is 0 Å². The van der Waals surface area contributed by atoms with Gasteiger partial charge < -0.3 is 9.46 Å². The predicted molar refractivity (Wildman–Crippen MR) is 90.0 cm³/mol. The lowest BCUT2D eigenvalue weighted by Gasteiger charge is -2.21. The molecule has 0 aromatic heterocycles. The van der Waals surface area contributed by atoms with Crippen molar-refractivity contribution in [1.29, 1.82) is 0 Å². The van der Waals surface area contributed by atoms with Crippen molar-refractivity contribution in [2.45, 2.75) is 32.2 Å². The van der Waals surface area contributed by atoms with Gasteiger partial charge in [0.1, 0.15) is 7.14 Å². The first-order chi connectivity index (χ1) is 9.79. The molecular weight excluding hydrogens is 349 g/mol. The quantitative estimate of drug-likeness (QED) is 0.751. The third-order valence-electron chi connectivity index (χ3n) is 4.56. The minimum absolute atomic E-state index is 0.0598. The zero-order valence-electron chi connectivity index (χ0n) is 12.7. The summed E-state index contributed by atoms with van der Waals surface area (Å²) in [6.07, 6.45) is 3.70. The van der Waals surface area contributed by atoms with E-state index in [9.17, 15) is 9.36 Å². The fourth-order valence-electron chi connectivity index (χ4n) is 3.11. The van der Waals surface area contributed by atoms with Crippen LogP contribution in [0.3, 0.4) is 0 Å². The molecule has 0 spiro atoms. The fourth-order valence-corrected chi connectivity index (χ4v) is 4.98. The van der Waals surface area contributed by atoms with Crippen molar-refractivity contribution in [3.05, 3.63) is 27.7 Å². The lowest BCUT2D eigenvalue weighted by molar-refractivity contribution is 0.0733. The van der Waals surface area contributed by atoms with Crippen molar-refractivity contribution in [2.24, 2.45) is 5.92 Å².